The molecule has 0 saturated carbocycles. The molecule has 0 aliphatic carbocycles. The molecule has 0 spiro atoms. The fourth-order valence-electron chi connectivity index (χ4n) is 2.42. The van der Waals surface area contributed by atoms with Gasteiger partial charge in [-0.2, -0.15) is 0 Å². The van der Waals surface area contributed by atoms with E-state index in [0.717, 1.165) is 5.56 Å². The molecule has 0 aromatic heterocycles. The summed E-state index contributed by atoms with van der Waals surface area (Å²) in [5, 5.41) is 30.7. The lowest BCUT2D eigenvalue weighted by Crippen LogP contribution is -2.27. The minimum Gasteiger partial charge on any atom is -0.508 e. The van der Waals surface area contributed by atoms with Crippen molar-refractivity contribution in [3.8, 4) is 5.75 Å². The topological polar surface area (TPSA) is 86.8 Å². The van der Waals surface area contributed by atoms with Crippen LogP contribution in [-0.4, -0.2) is 33.6 Å². The molecule has 2 rings (SSSR count). The number of hydrogen-bond donors (Lipinski definition) is 2. The molecule has 2 atom stereocenters. The van der Waals surface area contributed by atoms with Crippen LogP contribution in [0.1, 0.15) is 30.2 Å². The minimum absolute atomic E-state index is 0.0181. The number of aromatic hydroxyl groups is 1. The summed E-state index contributed by atoms with van der Waals surface area (Å²) >= 11 is 0. The molecule has 6 nitrogen and oxygen atoms in total. The van der Waals surface area contributed by atoms with Gasteiger partial charge in [0.15, 0.2) is 0 Å². The van der Waals surface area contributed by atoms with Crippen LogP contribution in [0.3, 0.4) is 0 Å². The van der Waals surface area contributed by atoms with E-state index in [-0.39, 0.29) is 17.5 Å². The van der Waals surface area contributed by atoms with Gasteiger partial charge in [0, 0.05) is 24.7 Å². The zero-order valence-corrected chi connectivity index (χ0v) is 13.1. The van der Waals surface area contributed by atoms with Crippen molar-refractivity contribution in [1.29, 1.82) is 0 Å². The van der Waals surface area contributed by atoms with Gasteiger partial charge in [-0.25, -0.2) is 0 Å². The molecule has 0 fully saturated rings. The summed E-state index contributed by atoms with van der Waals surface area (Å²) < 4.78 is 0. The highest BCUT2D eigenvalue weighted by Crippen LogP contribution is 2.25. The van der Waals surface area contributed by atoms with Gasteiger partial charge in [0.25, 0.3) is 5.69 Å². The number of non-ortho nitro benzene ring substituents is 1. The predicted octanol–water partition coefficient (Wildman–Crippen LogP) is 3.03. The Balaban J connectivity index is 2.08. The third-order valence-electron chi connectivity index (χ3n) is 3.94. The Labute approximate surface area is 134 Å². The normalized spacial score (nSPS) is 13.7. The van der Waals surface area contributed by atoms with E-state index in [4.69, 9.17) is 0 Å². The second kappa shape index (κ2) is 7.21. The van der Waals surface area contributed by atoms with E-state index in [1.807, 2.05) is 24.9 Å². The van der Waals surface area contributed by atoms with Crippen LogP contribution in [0.25, 0.3) is 0 Å². The maximum Gasteiger partial charge on any atom is 0.269 e. The molecule has 2 aromatic rings. The number of likely N-dealkylation sites (N-methyl/N-ethyl adjacent to an activating group) is 1. The van der Waals surface area contributed by atoms with Crippen LogP contribution in [0.5, 0.6) is 5.75 Å². The van der Waals surface area contributed by atoms with Crippen LogP contribution in [-0.2, 0) is 0 Å². The smallest absolute Gasteiger partial charge is 0.269 e. The van der Waals surface area contributed by atoms with E-state index < -0.39 is 11.0 Å². The predicted molar refractivity (Wildman–Crippen MR) is 87.2 cm³/mol. The largest absolute Gasteiger partial charge is 0.508 e. The van der Waals surface area contributed by atoms with Crippen molar-refractivity contribution in [3.63, 3.8) is 0 Å². The lowest BCUT2D eigenvalue weighted by Gasteiger charge is -2.27. The fraction of sp³-hybridized carbons (Fsp3) is 0.294. The average molecular weight is 316 g/mol. The van der Waals surface area contributed by atoms with E-state index >= 15 is 0 Å². The van der Waals surface area contributed by atoms with E-state index in [2.05, 4.69) is 0 Å². The SMILES string of the molecule is CC(c1cccc(O)c1)N(C)CC(O)c1cccc([N+](=O)[O-])c1. The van der Waals surface area contributed by atoms with Crippen LogP contribution in [0.4, 0.5) is 5.69 Å². The molecular weight excluding hydrogens is 296 g/mol. The van der Waals surface area contributed by atoms with Gasteiger partial charge in [-0.3, -0.25) is 15.0 Å². The standard InChI is InChI=1S/C17H20N2O4/c1-12(13-5-4-8-16(20)10-13)18(2)11-17(21)14-6-3-7-15(9-14)19(22)23/h3-10,12,17,20-21H,11H2,1-2H3. The van der Waals surface area contributed by atoms with Gasteiger partial charge in [-0.1, -0.05) is 24.3 Å². The highest BCUT2D eigenvalue weighted by molar-refractivity contribution is 5.35. The quantitative estimate of drug-likeness (QED) is 0.632. The fourth-order valence-corrected chi connectivity index (χ4v) is 2.42. The van der Waals surface area contributed by atoms with E-state index in [9.17, 15) is 20.3 Å². The zero-order chi connectivity index (χ0) is 17.0. The van der Waals surface area contributed by atoms with Crippen molar-refractivity contribution in [2.75, 3.05) is 13.6 Å². The number of phenols is 1. The lowest BCUT2D eigenvalue weighted by atomic mass is 10.0. The first kappa shape index (κ1) is 16.9. The Kier molecular flexibility index (Phi) is 5.31. The van der Waals surface area contributed by atoms with Crippen LogP contribution >= 0.6 is 0 Å². The second-order valence-electron chi connectivity index (χ2n) is 5.58. The zero-order valence-electron chi connectivity index (χ0n) is 13.1. The number of aliphatic hydroxyl groups excluding tert-OH is 1. The maximum atomic E-state index is 10.8. The molecule has 6 heteroatoms. The van der Waals surface area contributed by atoms with Crippen molar-refractivity contribution in [2.45, 2.75) is 19.1 Å². The first-order chi connectivity index (χ1) is 10.9. The molecule has 2 aromatic carbocycles. The number of nitro groups is 1. The number of phenolic OH excluding ortho intramolecular Hbond substituents is 1. The van der Waals surface area contributed by atoms with Gasteiger partial charge < -0.3 is 10.2 Å². The number of benzene rings is 2. The summed E-state index contributed by atoms with van der Waals surface area (Å²) in [5.74, 6) is 0.196. The first-order valence-corrected chi connectivity index (χ1v) is 7.30. The molecule has 0 aliphatic heterocycles. The highest BCUT2D eigenvalue weighted by Gasteiger charge is 2.18. The number of rotatable bonds is 6. The van der Waals surface area contributed by atoms with Gasteiger partial charge in [-0.05, 0) is 37.2 Å². The van der Waals surface area contributed by atoms with Crippen molar-refractivity contribution >= 4 is 5.69 Å². The third kappa shape index (κ3) is 4.28. The summed E-state index contributed by atoms with van der Waals surface area (Å²) in [5.41, 5.74) is 1.40. The summed E-state index contributed by atoms with van der Waals surface area (Å²) in [6.45, 7) is 2.28. The highest BCUT2D eigenvalue weighted by atomic mass is 16.6. The Bertz CT molecular complexity index is 690. The molecular formula is C17H20N2O4. The lowest BCUT2D eigenvalue weighted by molar-refractivity contribution is -0.385. The average Bonchev–Trinajstić information content (AvgIpc) is 2.54. The number of nitrogens with zero attached hydrogens (tertiary/aromatic N) is 2. The molecule has 0 radical (unpaired) electrons. The molecule has 0 heterocycles. The Morgan fingerprint density at radius 3 is 2.48 bits per heavy atom. The van der Waals surface area contributed by atoms with Gasteiger partial charge >= 0.3 is 0 Å². The van der Waals surface area contributed by atoms with Gasteiger partial charge in [0.1, 0.15) is 5.75 Å². The Morgan fingerprint density at radius 1 is 1.17 bits per heavy atom. The molecule has 2 unspecified atom stereocenters. The van der Waals surface area contributed by atoms with Crippen LogP contribution in [0.15, 0.2) is 48.5 Å². The van der Waals surface area contributed by atoms with Crippen LogP contribution < -0.4 is 0 Å². The monoisotopic (exact) mass is 316 g/mol. The summed E-state index contributed by atoms with van der Waals surface area (Å²) in [6, 6.07) is 13.0. The van der Waals surface area contributed by atoms with Gasteiger partial charge in [0.2, 0.25) is 0 Å². The number of aliphatic hydroxyl groups is 1. The summed E-state index contributed by atoms with van der Waals surface area (Å²) in [4.78, 5) is 12.3. The number of nitro benzene ring substituents is 1. The first-order valence-electron chi connectivity index (χ1n) is 7.30. The van der Waals surface area contributed by atoms with E-state index in [0.29, 0.717) is 12.1 Å². The van der Waals surface area contributed by atoms with Gasteiger partial charge in [-0.15, -0.1) is 0 Å². The molecule has 23 heavy (non-hydrogen) atoms. The van der Waals surface area contributed by atoms with Crippen molar-refractivity contribution in [2.24, 2.45) is 0 Å². The van der Waals surface area contributed by atoms with Crippen LogP contribution in [0, 0.1) is 10.1 Å². The van der Waals surface area contributed by atoms with Crippen molar-refractivity contribution in [1.82, 2.24) is 4.90 Å². The number of hydrogen-bond acceptors (Lipinski definition) is 5. The van der Waals surface area contributed by atoms with E-state index in [1.54, 1.807) is 30.3 Å². The second-order valence-corrected chi connectivity index (χ2v) is 5.58. The van der Waals surface area contributed by atoms with Gasteiger partial charge in [0.05, 0.1) is 11.0 Å². The molecule has 0 aliphatic rings. The molecule has 0 bridgehead atoms. The third-order valence-corrected chi connectivity index (χ3v) is 3.94. The minimum atomic E-state index is -0.834. The van der Waals surface area contributed by atoms with Crippen LogP contribution in [0.2, 0.25) is 0 Å². The van der Waals surface area contributed by atoms with E-state index in [1.165, 1.54) is 12.1 Å². The summed E-state index contributed by atoms with van der Waals surface area (Å²) in [6.07, 6.45) is -0.834. The molecule has 0 amide bonds. The van der Waals surface area contributed by atoms with Crippen molar-refractivity contribution < 1.29 is 15.1 Å². The molecule has 0 saturated heterocycles. The Morgan fingerprint density at radius 2 is 1.83 bits per heavy atom. The molecule has 2 N–H and O–H groups in total. The summed E-state index contributed by atoms with van der Waals surface area (Å²) in [7, 11) is 1.86. The van der Waals surface area contributed by atoms with Crippen molar-refractivity contribution in [3.05, 3.63) is 69.8 Å². The maximum absolute atomic E-state index is 10.8. The Hall–Kier alpha value is -2.44. The molecule has 122 valence electrons.